The minimum atomic E-state index is -3.81. The van der Waals surface area contributed by atoms with Gasteiger partial charge in [-0.15, -0.1) is 0 Å². The second-order valence-corrected chi connectivity index (χ2v) is 8.78. The number of rotatable bonds is 4. The van der Waals surface area contributed by atoms with Gasteiger partial charge in [-0.1, -0.05) is 37.6 Å². The Labute approximate surface area is 155 Å². The maximum atomic E-state index is 13.2. The van der Waals surface area contributed by atoms with Crippen LogP contribution in [-0.4, -0.2) is 33.8 Å². The van der Waals surface area contributed by atoms with Crippen molar-refractivity contribution in [3.8, 4) is 0 Å². The molecule has 0 aliphatic rings. The zero-order valence-corrected chi connectivity index (χ0v) is 16.6. The highest BCUT2D eigenvalue weighted by Gasteiger charge is 2.29. The summed E-state index contributed by atoms with van der Waals surface area (Å²) in [7, 11) is -3.81. The molecule has 1 aromatic carbocycles. The van der Waals surface area contributed by atoms with Crippen molar-refractivity contribution in [1.29, 1.82) is 0 Å². The normalized spacial score (nSPS) is 12.2. The molecule has 132 valence electrons. The zero-order chi connectivity index (χ0) is 18.4. The molecule has 25 heavy (non-hydrogen) atoms. The number of benzene rings is 1. The van der Waals surface area contributed by atoms with E-state index in [0.717, 1.165) is 5.56 Å². The Kier molecular flexibility index (Phi) is 4.78. The van der Waals surface area contributed by atoms with E-state index in [1.54, 1.807) is 25.3 Å². The molecule has 0 N–H and O–H groups in total. The number of hydrogen-bond acceptors (Lipinski definition) is 6. The Balaban J connectivity index is 2.26. The van der Waals surface area contributed by atoms with Crippen LogP contribution in [0.2, 0.25) is 5.15 Å². The maximum absolute atomic E-state index is 13.2. The Bertz CT molecular complexity index is 1040. The van der Waals surface area contributed by atoms with Gasteiger partial charge in [0.05, 0.1) is 4.90 Å². The van der Waals surface area contributed by atoms with Crippen LogP contribution in [0, 0.1) is 6.92 Å². The van der Waals surface area contributed by atoms with Gasteiger partial charge in [0, 0.05) is 6.26 Å². The third-order valence-corrected chi connectivity index (χ3v) is 6.56. The van der Waals surface area contributed by atoms with E-state index in [9.17, 15) is 8.42 Å². The van der Waals surface area contributed by atoms with Crippen molar-refractivity contribution in [2.24, 2.45) is 0 Å². The third-order valence-electron chi connectivity index (χ3n) is 3.80. The van der Waals surface area contributed by atoms with Gasteiger partial charge in [0.1, 0.15) is 11.3 Å². The molecule has 0 spiro atoms. The Morgan fingerprint density at radius 2 is 1.76 bits per heavy atom. The highest BCUT2D eigenvalue weighted by atomic mass is 35.5. The van der Waals surface area contributed by atoms with Crippen LogP contribution in [0.3, 0.4) is 0 Å². The maximum Gasteiger partial charge on any atom is 0.226 e. The number of nitrogens with zero attached hydrogens (tertiary/aromatic N) is 4. The molecular formula is C16H17ClN4O2S2. The summed E-state index contributed by atoms with van der Waals surface area (Å²) in [6.45, 7) is 5.78. The first-order valence-electron chi connectivity index (χ1n) is 7.58. The molecule has 0 radical (unpaired) electrons. The summed E-state index contributed by atoms with van der Waals surface area (Å²) in [5.41, 5.74) is 1.59. The van der Waals surface area contributed by atoms with E-state index in [4.69, 9.17) is 11.6 Å². The van der Waals surface area contributed by atoms with Crippen LogP contribution in [0.4, 0.5) is 0 Å². The molecule has 0 saturated heterocycles. The Morgan fingerprint density at radius 1 is 1.12 bits per heavy atom. The summed E-state index contributed by atoms with van der Waals surface area (Å²) in [5.74, 6) is 0.716. The topological polar surface area (TPSA) is 77.7 Å². The summed E-state index contributed by atoms with van der Waals surface area (Å²) < 4.78 is 27.8. The number of aromatic nitrogens is 4. The lowest BCUT2D eigenvalue weighted by atomic mass is 10.0. The third kappa shape index (κ3) is 3.14. The first kappa shape index (κ1) is 18.2. The van der Waals surface area contributed by atoms with Crippen molar-refractivity contribution < 1.29 is 8.42 Å². The minimum absolute atomic E-state index is 0.0136. The minimum Gasteiger partial charge on any atom is -0.228 e. The van der Waals surface area contributed by atoms with E-state index in [1.165, 1.54) is 16.0 Å². The first-order chi connectivity index (χ1) is 11.8. The first-order valence-corrected chi connectivity index (χ1v) is 10.6. The largest absolute Gasteiger partial charge is 0.228 e. The molecule has 2 aromatic heterocycles. The molecule has 0 aliphatic heterocycles. The molecular weight excluding hydrogens is 380 g/mol. The van der Waals surface area contributed by atoms with Gasteiger partial charge in [-0.05, 0) is 42.5 Å². The lowest BCUT2D eigenvalue weighted by Gasteiger charge is -2.09. The monoisotopic (exact) mass is 396 g/mol. The fourth-order valence-electron chi connectivity index (χ4n) is 2.49. The standard InChI is InChI=1S/C16H17ClN4O2S2/c1-9(2)11-5-7-12(8-6-11)25(22,23)16-14-13(20-21(16)24-4)15(17)19-10(3)18-14/h5-9H,1-4H3. The molecule has 0 fully saturated rings. The van der Waals surface area contributed by atoms with Crippen molar-refractivity contribution in [1.82, 2.24) is 19.2 Å². The van der Waals surface area contributed by atoms with Crippen LogP contribution in [-0.2, 0) is 9.84 Å². The highest BCUT2D eigenvalue weighted by molar-refractivity contribution is 7.98. The molecule has 2 heterocycles. The fourth-order valence-corrected chi connectivity index (χ4v) is 5.04. The molecule has 0 atom stereocenters. The molecule has 6 nitrogen and oxygen atoms in total. The predicted molar refractivity (Wildman–Crippen MR) is 100.0 cm³/mol. The quantitative estimate of drug-likeness (QED) is 0.623. The van der Waals surface area contributed by atoms with Crippen LogP contribution >= 0.6 is 23.5 Å². The number of aryl methyl sites for hydroxylation is 1. The van der Waals surface area contributed by atoms with Crippen LogP contribution < -0.4 is 0 Å². The average molecular weight is 397 g/mol. The van der Waals surface area contributed by atoms with E-state index in [1.807, 2.05) is 12.1 Å². The summed E-state index contributed by atoms with van der Waals surface area (Å²) in [6.07, 6.45) is 1.74. The molecule has 9 heteroatoms. The van der Waals surface area contributed by atoms with Gasteiger partial charge in [-0.25, -0.2) is 18.4 Å². The van der Waals surface area contributed by atoms with Gasteiger partial charge in [-0.2, -0.15) is 9.19 Å². The van der Waals surface area contributed by atoms with Crippen LogP contribution in [0.5, 0.6) is 0 Å². The average Bonchev–Trinajstić information content (AvgIpc) is 2.94. The smallest absolute Gasteiger partial charge is 0.226 e. The van der Waals surface area contributed by atoms with Crippen molar-refractivity contribution in [3.05, 3.63) is 40.8 Å². The second kappa shape index (κ2) is 6.59. The number of fused-ring (bicyclic) bond motifs is 1. The van der Waals surface area contributed by atoms with Crippen LogP contribution in [0.15, 0.2) is 34.2 Å². The van der Waals surface area contributed by atoms with Crippen LogP contribution in [0.25, 0.3) is 11.0 Å². The second-order valence-electron chi connectivity index (χ2n) is 5.85. The molecule has 0 amide bonds. The molecule has 3 rings (SSSR count). The Morgan fingerprint density at radius 3 is 2.32 bits per heavy atom. The van der Waals surface area contributed by atoms with E-state index in [2.05, 4.69) is 28.9 Å². The van der Waals surface area contributed by atoms with Gasteiger partial charge in [-0.3, -0.25) is 0 Å². The number of sulfone groups is 1. The lowest BCUT2D eigenvalue weighted by Crippen LogP contribution is -2.08. The lowest BCUT2D eigenvalue weighted by molar-refractivity contribution is 0.591. The van der Waals surface area contributed by atoms with Gasteiger partial charge in [0.25, 0.3) is 0 Å². The molecule has 3 aromatic rings. The highest BCUT2D eigenvalue weighted by Crippen LogP contribution is 2.32. The molecule has 0 saturated carbocycles. The van der Waals surface area contributed by atoms with Gasteiger partial charge in [0.2, 0.25) is 9.84 Å². The Hall–Kier alpha value is -1.64. The number of hydrogen-bond donors (Lipinski definition) is 0. The SMILES string of the molecule is CSn1nc2c(Cl)nc(C)nc2c1S(=O)(=O)c1ccc(C(C)C)cc1. The van der Waals surface area contributed by atoms with Crippen molar-refractivity contribution in [3.63, 3.8) is 0 Å². The predicted octanol–water partition coefficient (Wildman–Crippen LogP) is 3.87. The van der Waals surface area contributed by atoms with Gasteiger partial charge >= 0.3 is 0 Å². The van der Waals surface area contributed by atoms with E-state index in [0.29, 0.717) is 11.7 Å². The zero-order valence-electron chi connectivity index (χ0n) is 14.2. The summed E-state index contributed by atoms with van der Waals surface area (Å²) in [4.78, 5) is 8.52. The molecule has 0 aliphatic carbocycles. The molecule has 0 unspecified atom stereocenters. The summed E-state index contributed by atoms with van der Waals surface area (Å²) in [5, 5.41) is 4.41. The van der Waals surface area contributed by atoms with Crippen molar-refractivity contribution in [2.45, 2.75) is 36.6 Å². The van der Waals surface area contributed by atoms with E-state index in [-0.39, 0.29) is 26.1 Å². The van der Waals surface area contributed by atoms with E-state index >= 15 is 0 Å². The fraction of sp³-hybridized carbons (Fsp3) is 0.312. The summed E-state index contributed by atoms with van der Waals surface area (Å²) >= 11 is 7.29. The molecule has 0 bridgehead atoms. The van der Waals surface area contributed by atoms with E-state index < -0.39 is 9.84 Å². The number of halogens is 1. The van der Waals surface area contributed by atoms with Crippen molar-refractivity contribution in [2.75, 3.05) is 6.26 Å². The summed E-state index contributed by atoms with van der Waals surface area (Å²) in [6, 6.07) is 6.88. The van der Waals surface area contributed by atoms with Gasteiger partial charge < -0.3 is 0 Å². The van der Waals surface area contributed by atoms with Crippen LogP contribution in [0.1, 0.15) is 31.2 Å². The van der Waals surface area contributed by atoms with Crippen molar-refractivity contribution >= 4 is 44.4 Å². The van der Waals surface area contributed by atoms with Gasteiger partial charge in [0.15, 0.2) is 15.7 Å².